The second-order valence-electron chi connectivity index (χ2n) is 5.93. The Morgan fingerprint density at radius 2 is 2.20 bits per heavy atom. The third-order valence-corrected chi connectivity index (χ3v) is 4.12. The number of hydrogen-bond donors (Lipinski definition) is 3. The van der Waals surface area contributed by atoms with Gasteiger partial charge in [-0.1, -0.05) is 36.4 Å². The fourth-order valence-electron chi connectivity index (χ4n) is 2.82. The first kappa shape index (κ1) is 15.3. The second-order valence-corrected chi connectivity index (χ2v) is 5.93. The van der Waals surface area contributed by atoms with Crippen molar-refractivity contribution in [1.29, 1.82) is 0 Å². The van der Waals surface area contributed by atoms with Gasteiger partial charge in [-0.15, -0.1) is 5.10 Å². The molecule has 0 spiro atoms. The number of H-pyrrole nitrogens is 1. The van der Waals surface area contributed by atoms with Crippen molar-refractivity contribution < 1.29 is 0 Å². The van der Waals surface area contributed by atoms with Crippen LogP contribution >= 0.6 is 0 Å². The lowest BCUT2D eigenvalue weighted by Crippen LogP contribution is -2.28. The Balaban J connectivity index is 1.63. The largest absolute Gasteiger partial charge is 0.398 e. The van der Waals surface area contributed by atoms with E-state index in [1.807, 2.05) is 30.4 Å². The Kier molecular flexibility index (Phi) is 3.91. The maximum Gasteiger partial charge on any atom is 0.275 e. The number of aromatic nitrogens is 4. The van der Waals surface area contributed by atoms with Gasteiger partial charge in [0.15, 0.2) is 5.82 Å². The predicted molar refractivity (Wildman–Crippen MR) is 97.0 cm³/mol. The zero-order valence-electron chi connectivity index (χ0n) is 13.5. The number of anilines is 1. The molecule has 126 valence electrons. The Hall–Kier alpha value is -3.19. The maximum absolute atomic E-state index is 12.3. The molecule has 2 heterocycles. The van der Waals surface area contributed by atoms with Crippen LogP contribution < -0.4 is 16.6 Å². The van der Waals surface area contributed by atoms with Crippen LogP contribution in [0.25, 0.3) is 17.2 Å². The Bertz CT molecular complexity index is 1030. The number of fused-ring (bicyclic) bond motifs is 1. The van der Waals surface area contributed by atoms with E-state index < -0.39 is 0 Å². The summed E-state index contributed by atoms with van der Waals surface area (Å²) in [6, 6.07) is 9.13. The highest BCUT2D eigenvalue weighted by Gasteiger charge is 2.12. The van der Waals surface area contributed by atoms with E-state index >= 15 is 0 Å². The third kappa shape index (κ3) is 3.09. The molecular weight excluding hydrogens is 316 g/mol. The molecule has 0 bridgehead atoms. The minimum atomic E-state index is -0.224. The van der Waals surface area contributed by atoms with E-state index in [1.54, 1.807) is 6.07 Å². The van der Waals surface area contributed by atoms with Crippen LogP contribution in [0.15, 0.2) is 59.4 Å². The van der Waals surface area contributed by atoms with Gasteiger partial charge in [-0.2, -0.15) is 9.50 Å². The summed E-state index contributed by atoms with van der Waals surface area (Å²) in [7, 11) is 0. The zero-order chi connectivity index (χ0) is 17.2. The van der Waals surface area contributed by atoms with Crippen molar-refractivity contribution in [2.45, 2.75) is 19.0 Å². The highest BCUT2D eigenvalue weighted by Crippen LogP contribution is 2.21. The fourth-order valence-corrected chi connectivity index (χ4v) is 2.82. The molecule has 1 atom stereocenters. The van der Waals surface area contributed by atoms with Crippen molar-refractivity contribution in [2.75, 3.05) is 5.73 Å². The number of rotatable bonds is 4. The molecule has 0 saturated carbocycles. The smallest absolute Gasteiger partial charge is 0.275 e. The molecule has 7 nitrogen and oxygen atoms in total. The minimum Gasteiger partial charge on any atom is -0.398 e. The van der Waals surface area contributed by atoms with E-state index in [4.69, 9.17) is 5.73 Å². The molecular formula is C18H18N6O. The Morgan fingerprint density at radius 1 is 1.32 bits per heavy atom. The van der Waals surface area contributed by atoms with E-state index in [2.05, 4.69) is 32.5 Å². The molecule has 1 aliphatic carbocycles. The lowest BCUT2D eigenvalue weighted by molar-refractivity contribution is 0.586. The van der Waals surface area contributed by atoms with E-state index in [0.717, 1.165) is 12.1 Å². The number of hydrogen-bond acceptors (Lipinski definition) is 5. The maximum atomic E-state index is 12.3. The van der Waals surface area contributed by atoms with Crippen molar-refractivity contribution in [2.24, 2.45) is 0 Å². The molecule has 1 unspecified atom stereocenters. The van der Waals surface area contributed by atoms with Gasteiger partial charge in [0.2, 0.25) is 5.78 Å². The van der Waals surface area contributed by atoms with Gasteiger partial charge in [-0.3, -0.25) is 4.79 Å². The van der Waals surface area contributed by atoms with Crippen molar-refractivity contribution in [1.82, 2.24) is 24.9 Å². The SMILES string of the molecule is Nc1ccccc1-c1nc2[nH]c(CNC3C=CC=CC3)cc(=O)n2n1. The first-order valence-electron chi connectivity index (χ1n) is 8.11. The highest BCUT2D eigenvalue weighted by molar-refractivity contribution is 5.71. The molecule has 2 aromatic heterocycles. The van der Waals surface area contributed by atoms with Gasteiger partial charge in [0.05, 0.1) is 0 Å². The Labute approximate surface area is 143 Å². The first-order chi connectivity index (χ1) is 12.2. The van der Waals surface area contributed by atoms with Crippen LogP contribution in [0.1, 0.15) is 12.1 Å². The van der Waals surface area contributed by atoms with Crippen LogP contribution in [-0.4, -0.2) is 25.6 Å². The molecule has 1 aromatic carbocycles. The van der Waals surface area contributed by atoms with Gasteiger partial charge in [0, 0.05) is 35.6 Å². The normalized spacial score (nSPS) is 16.6. The van der Waals surface area contributed by atoms with E-state index in [1.165, 1.54) is 10.6 Å². The number of nitrogens with one attached hydrogen (secondary N) is 2. The average Bonchev–Trinajstić information content (AvgIpc) is 3.06. The van der Waals surface area contributed by atoms with E-state index in [0.29, 0.717) is 29.4 Å². The van der Waals surface area contributed by atoms with Crippen LogP contribution in [-0.2, 0) is 6.54 Å². The molecule has 0 aliphatic heterocycles. The summed E-state index contributed by atoms with van der Waals surface area (Å²) in [6.45, 7) is 0.546. The summed E-state index contributed by atoms with van der Waals surface area (Å²) in [5.41, 5.74) is 7.79. The van der Waals surface area contributed by atoms with E-state index in [-0.39, 0.29) is 11.6 Å². The molecule has 25 heavy (non-hydrogen) atoms. The summed E-state index contributed by atoms with van der Waals surface area (Å²) < 4.78 is 1.26. The lowest BCUT2D eigenvalue weighted by Gasteiger charge is -2.14. The number of benzene rings is 1. The van der Waals surface area contributed by atoms with Gasteiger partial charge >= 0.3 is 0 Å². The van der Waals surface area contributed by atoms with Crippen LogP contribution in [0.5, 0.6) is 0 Å². The fraction of sp³-hybridized carbons (Fsp3) is 0.167. The Morgan fingerprint density at radius 3 is 3.00 bits per heavy atom. The van der Waals surface area contributed by atoms with Crippen LogP contribution in [0.4, 0.5) is 5.69 Å². The summed E-state index contributed by atoms with van der Waals surface area (Å²) >= 11 is 0. The number of allylic oxidation sites excluding steroid dienone is 2. The number of nitrogens with two attached hydrogens (primary N) is 1. The monoisotopic (exact) mass is 334 g/mol. The van der Waals surface area contributed by atoms with Gasteiger partial charge in [0.25, 0.3) is 5.56 Å². The molecule has 0 fully saturated rings. The number of nitrogens with zero attached hydrogens (tertiary/aromatic N) is 3. The minimum absolute atomic E-state index is 0.224. The molecule has 0 radical (unpaired) electrons. The standard InChI is InChI=1S/C18H18N6O/c19-15-9-5-4-8-14(15)17-22-18-21-13(10-16(25)24(18)23-17)11-20-12-6-2-1-3-7-12/h1-6,8-10,12,20H,7,11,19H2,(H,21,22,23). The molecule has 3 aromatic rings. The van der Waals surface area contributed by atoms with Crippen LogP contribution in [0.3, 0.4) is 0 Å². The molecule has 1 aliphatic rings. The van der Waals surface area contributed by atoms with Gasteiger partial charge in [-0.25, -0.2) is 0 Å². The zero-order valence-corrected chi connectivity index (χ0v) is 13.5. The first-order valence-corrected chi connectivity index (χ1v) is 8.11. The summed E-state index contributed by atoms with van der Waals surface area (Å²) in [6.07, 6.45) is 9.19. The highest BCUT2D eigenvalue weighted by atomic mass is 16.1. The molecule has 0 saturated heterocycles. The molecule has 4 N–H and O–H groups in total. The predicted octanol–water partition coefficient (Wildman–Crippen LogP) is 1.64. The molecule has 4 rings (SSSR count). The number of nitrogen functional groups attached to an aromatic ring is 1. The van der Waals surface area contributed by atoms with Gasteiger partial charge in [-0.05, 0) is 18.6 Å². The van der Waals surface area contributed by atoms with Crippen LogP contribution in [0, 0.1) is 0 Å². The van der Waals surface area contributed by atoms with Gasteiger partial charge in [0.1, 0.15) is 0 Å². The summed E-state index contributed by atoms with van der Waals surface area (Å²) in [5.74, 6) is 0.832. The molecule has 0 amide bonds. The quantitative estimate of drug-likeness (QED) is 0.630. The average molecular weight is 334 g/mol. The van der Waals surface area contributed by atoms with Crippen LogP contribution in [0.2, 0.25) is 0 Å². The summed E-state index contributed by atoms with van der Waals surface area (Å²) in [4.78, 5) is 19.9. The van der Waals surface area contributed by atoms with Crippen molar-refractivity contribution in [3.05, 3.63) is 70.7 Å². The molecule has 7 heteroatoms. The number of para-hydroxylation sites is 1. The number of aromatic amines is 1. The van der Waals surface area contributed by atoms with Crippen molar-refractivity contribution in [3.63, 3.8) is 0 Å². The third-order valence-electron chi connectivity index (χ3n) is 4.12. The lowest BCUT2D eigenvalue weighted by atomic mass is 10.1. The summed E-state index contributed by atoms with van der Waals surface area (Å²) in [5, 5.41) is 7.67. The van der Waals surface area contributed by atoms with E-state index in [9.17, 15) is 4.79 Å². The topological polar surface area (TPSA) is 101 Å². The van der Waals surface area contributed by atoms with Crippen molar-refractivity contribution in [3.8, 4) is 11.4 Å². The van der Waals surface area contributed by atoms with Crippen molar-refractivity contribution >= 4 is 11.5 Å². The van der Waals surface area contributed by atoms with Gasteiger partial charge < -0.3 is 16.0 Å². The second kappa shape index (κ2) is 6.37.